The maximum Gasteiger partial charge on any atom is 0.250 e. The van der Waals surface area contributed by atoms with Crippen LogP contribution in [-0.4, -0.2) is 46.5 Å². The summed E-state index contributed by atoms with van der Waals surface area (Å²) in [6.45, 7) is 0. The second-order valence-corrected chi connectivity index (χ2v) is 11.4. The van der Waals surface area contributed by atoms with Gasteiger partial charge in [-0.05, 0) is 72.8 Å². The molecule has 13 nitrogen and oxygen atoms in total. The van der Waals surface area contributed by atoms with Crippen molar-refractivity contribution in [3.8, 4) is 22.7 Å². The van der Waals surface area contributed by atoms with Gasteiger partial charge in [-0.15, -0.1) is 0 Å². The Bertz CT molecular complexity index is 2070. The monoisotopic (exact) mass is 632 g/mol. The van der Waals surface area contributed by atoms with Crippen molar-refractivity contribution in [2.45, 2.75) is 4.90 Å². The number of para-hydroxylation sites is 2. The summed E-state index contributed by atoms with van der Waals surface area (Å²) < 4.78 is 30.4. The number of hydrogen-bond acceptors (Lipinski definition) is 11. The predicted molar refractivity (Wildman–Crippen MR) is 177 cm³/mol. The minimum absolute atomic E-state index is 0.0126. The summed E-state index contributed by atoms with van der Waals surface area (Å²) in [5.74, 6) is 1.32. The quantitative estimate of drug-likeness (QED) is 0.108. The molecular weight excluding hydrogens is 604 g/mol. The Morgan fingerprint density at radius 1 is 0.761 bits per heavy atom. The summed E-state index contributed by atoms with van der Waals surface area (Å²) in [5.41, 5.74) is 7.43. The third-order valence-electron chi connectivity index (χ3n) is 6.60. The average Bonchev–Trinajstić information content (AvgIpc) is 3.49. The van der Waals surface area contributed by atoms with Crippen LogP contribution in [0.2, 0.25) is 0 Å². The molecule has 2 aromatic heterocycles. The van der Waals surface area contributed by atoms with Crippen LogP contribution < -0.4 is 25.9 Å². The molecule has 46 heavy (non-hydrogen) atoms. The molecule has 0 unspecified atom stereocenters. The van der Waals surface area contributed by atoms with Crippen LogP contribution in [0.4, 0.5) is 29.2 Å². The highest BCUT2D eigenvalue weighted by Gasteiger charge is 2.13. The van der Waals surface area contributed by atoms with E-state index >= 15 is 0 Å². The van der Waals surface area contributed by atoms with E-state index in [1.807, 2.05) is 91.1 Å². The largest absolute Gasteiger partial charge is 0.497 e. The predicted octanol–water partition coefficient (Wildman–Crippen LogP) is 5.31. The van der Waals surface area contributed by atoms with E-state index in [0.29, 0.717) is 11.4 Å². The third kappa shape index (κ3) is 7.32. The number of hydrazone groups is 1. The van der Waals surface area contributed by atoms with Gasteiger partial charge in [0, 0.05) is 28.7 Å². The Hall–Kier alpha value is -6.12. The van der Waals surface area contributed by atoms with Crippen LogP contribution >= 0.6 is 0 Å². The van der Waals surface area contributed by atoms with Crippen LogP contribution in [0.3, 0.4) is 0 Å². The molecule has 0 bridgehead atoms. The normalized spacial score (nSPS) is 11.3. The first-order valence-corrected chi connectivity index (χ1v) is 15.5. The first-order valence-electron chi connectivity index (χ1n) is 13.9. The molecule has 0 aliphatic heterocycles. The van der Waals surface area contributed by atoms with Crippen molar-refractivity contribution >= 4 is 45.5 Å². The maximum absolute atomic E-state index is 11.7. The molecule has 0 fully saturated rings. The first-order chi connectivity index (χ1) is 22.3. The fraction of sp³-hybridized carbons (Fsp3) is 0.0312. The maximum atomic E-state index is 11.7. The van der Waals surface area contributed by atoms with Gasteiger partial charge in [-0.3, -0.25) is 0 Å². The molecule has 14 heteroatoms. The molecule has 0 atom stereocenters. The van der Waals surface area contributed by atoms with Gasteiger partial charge in [0.25, 0.3) is 0 Å². The molecule has 6 rings (SSSR count). The number of rotatable bonds is 11. The zero-order valence-electron chi connectivity index (χ0n) is 24.4. The van der Waals surface area contributed by atoms with Gasteiger partial charge in [0.2, 0.25) is 27.9 Å². The summed E-state index contributed by atoms with van der Waals surface area (Å²) in [5, 5.41) is 20.7. The lowest BCUT2D eigenvalue weighted by Crippen LogP contribution is -2.12. The van der Waals surface area contributed by atoms with Gasteiger partial charge < -0.3 is 15.4 Å². The van der Waals surface area contributed by atoms with Crippen LogP contribution in [0.5, 0.6) is 5.75 Å². The van der Waals surface area contributed by atoms with Crippen molar-refractivity contribution in [2.75, 3.05) is 23.2 Å². The van der Waals surface area contributed by atoms with Gasteiger partial charge in [-0.1, -0.05) is 36.4 Å². The summed E-state index contributed by atoms with van der Waals surface area (Å²) in [6, 6.07) is 32.7. The van der Waals surface area contributed by atoms with Crippen molar-refractivity contribution in [2.24, 2.45) is 10.2 Å². The second kappa shape index (κ2) is 13.3. The van der Waals surface area contributed by atoms with E-state index in [2.05, 4.69) is 36.1 Å². The fourth-order valence-electron chi connectivity index (χ4n) is 4.37. The van der Waals surface area contributed by atoms with Gasteiger partial charge in [-0.25, -0.2) is 23.7 Å². The van der Waals surface area contributed by atoms with Crippen LogP contribution in [0, 0.1) is 0 Å². The van der Waals surface area contributed by atoms with Crippen molar-refractivity contribution in [1.82, 2.24) is 24.7 Å². The summed E-state index contributed by atoms with van der Waals surface area (Å²) in [4.78, 5) is 13.4. The number of aromatic nitrogens is 5. The van der Waals surface area contributed by atoms with Crippen LogP contribution in [0.1, 0.15) is 5.56 Å². The number of nitrogens with one attached hydrogen (secondary N) is 3. The average molecular weight is 633 g/mol. The summed E-state index contributed by atoms with van der Waals surface area (Å²) in [6.07, 6.45) is 3.52. The molecular formula is C32H28N10O3S. The molecule has 6 aromatic rings. The van der Waals surface area contributed by atoms with E-state index in [1.165, 1.54) is 12.1 Å². The van der Waals surface area contributed by atoms with Gasteiger partial charge in [0.15, 0.2) is 0 Å². The molecule has 4 aromatic carbocycles. The Balaban J connectivity index is 1.30. The number of nitrogens with two attached hydrogens (primary N) is 1. The van der Waals surface area contributed by atoms with Gasteiger partial charge >= 0.3 is 0 Å². The molecule has 0 aliphatic rings. The molecule has 5 N–H and O–H groups in total. The molecule has 2 heterocycles. The standard InChI is InChI=1S/C32H28N10O3S/c1-45-27-16-12-22(13-17-27)29-23(21-42(41-29)26-10-6-3-7-11-26)20-34-40-32-38-30(35-24-8-4-2-5-9-24)37-31(39-32)36-25-14-18-28(19-15-25)46(33,43)44/h2-21H,1H3,(H2,33,43,44)(H3,35,36,37,38,39,40)/b34-20+. The third-order valence-corrected chi connectivity index (χ3v) is 7.53. The van der Waals surface area contributed by atoms with E-state index < -0.39 is 10.0 Å². The Labute approximate surface area is 264 Å². The molecule has 230 valence electrons. The van der Waals surface area contributed by atoms with Crippen molar-refractivity contribution in [3.05, 3.63) is 121 Å². The van der Waals surface area contributed by atoms with Crippen molar-refractivity contribution in [3.63, 3.8) is 0 Å². The Morgan fingerprint density at radius 2 is 1.35 bits per heavy atom. The lowest BCUT2D eigenvalue weighted by Gasteiger charge is -2.10. The molecule has 0 saturated heterocycles. The second-order valence-electron chi connectivity index (χ2n) is 9.80. The lowest BCUT2D eigenvalue weighted by atomic mass is 10.1. The molecule has 0 spiro atoms. The van der Waals surface area contributed by atoms with Crippen molar-refractivity contribution < 1.29 is 13.2 Å². The highest BCUT2D eigenvalue weighted by molar-refractivity contribution is 7.89. The smallest absolute Gasteiger partial charge is 0.250 e. The Morgan fingerprint density at radius 3 is 1.96 bits per heavy atom. The number of methoxy groups -OCH3 is 1. The number of benzene rings is 4. The van der Waals surface area contributed by atoms with E-state index in [0.717, 1.165) is 28.3 Å². The van der Waals surface area contributed by atoms with Gasteiger partial charge in [-0.2, -0.15) is 25.2 Å². The number of nitrogens with zero attached hydrogens (tertiary/aromatic N) is 6. The number of sulfonamides is 1. The van der Waals surface area contributed by atoms with Gasteiger partial charge in [0.1, 0.15) is 11.4 Å². The number of ether oxygens (including phenoxy) is 1. The highest BCUT2D eigenvalue weighted by Crippen LogP contribution is 2.25. The molecule has 0 amide bonds. The number of hydrogen-bond donors (Lipinski definition) is 4. The zero-order valence-corrected chi connectivity index (χ0v) is 25.3. The minimum Gasteiger partial charge on any atom is -0.497 e. The van der Waals surface area contributed by atoms with E-state index in [9.17, 15) is 8.42 Å². The summed E-state index contributed by atoms with van der Waals surface area (Å²) >= 11 is 0. The highest BCUT2D eigenvalue weighted by atomic mass is 32.2. The fourth-order valence-corrected chi connectivity index (χ4v) is 4.89. The van der Waals surface area contributed by atoms with E-state index in [-0.39, 0.29) is 22.7 Å². The molecule has 0 aliphatic carbocycles. The zero-order chi connectivity index (χ0) is 31.9. The van der Waals surface area contributed by atoms with Crippen LogP contribution in [-0.2, 0) is 10.0 Å². The van der Waals surface area contributed by atoms with E-state index in [1.54, 1.807) is 30.1 Å². The molecule has 0 radical (unpaired) electrons. The lowest BCUT2D eigenvalue weighted by molar-refractivity contribution is 0.415. The van der Waals surface area contributed by atoms with Crippen molar-refractivity contribution in [1.29, 1.82) is 0 Å². The minimum atomic E-state index is -3.83. The SMILES string of the molecule is COc1ccc(-c2nn(-c3ccccc3)cc2/C=N/Nc2nc(Nc3ccccc3)nc(Nc3ccc(S(N)(=O)=O)cc3)n2)cc1. The summed E-state index contributed by atoms with van der Waals surface area (Å²) in [7, 11) is -2.21. The Kier molecular flexibility index (Phi) is 8.62. The van der Waals surface area contributed by atoms with Gasteiger partial charge in [0.05, 0.1) is 23.9 Å². The van der Waals surface area contributed by atoms with Crippen LogP contribution in [0.15, 0.2) is 125 Å². The first kappa shape index (κ1) is 29.9. The number of anilines is 5. The van der Waals surface area contributed by atoms with Crippen LogP contribution in [0.25, 0.3) is 16.9 Å². The number of primary sulfonamides is 1. The topological polar surface area (TPSA) is 174 Å². The van der Waals surface area contributed by atoms with E-state index in [4.69, 9.17) is 15.0 Å². The molecule has 0 saturated carbocycles.